The number of aryl methyl sites for hydroxylation is 1. The summed E-state index contributed by atoms with van der Waals surface area (Å²) in [4.78, 5) is 0. The zero-order chi connectivity index (χ0) is 12.0. The predicted octanol–water partition coefficient (Wildman–Crippen LogP) is 4.05. The van der Waals surface area contributed by atoms with Crippen LogP contribution in [0.4, 0.5) is 0 Å². The summed E-state index contributed by atoms with van der Waals surface area (Å²) in [5.74, 6) is 6.75. The summed E-state index contributed by atoms with van der Waals surface area (Å²) in [5.41, 5.74) is 4.25. The second-order valence-corrected chi connectivity index (χ2v) is 6.24. The van der Waals surface area contributed by atoms with Crippen molar-refractivity contribution in [2.24, 2.45) is 5.41 Å². The Hall–Kier alpha value is -1.22. The molecule has 0 aromatic heterocycles. The van der Waals surface area contributed by atoms with Gasteiger partial charge in [-0.3, -0.25) is 0 Å². The Morgan fingerprint density at radius 2 is 1.81 bits per heavy atom. The Morgan fingerprint density at radius 1 is 1.12 bits per heavy atom. The molecular formula is C16H20. The molecule has 0 unspecified atom stereocenters. The summed E-state index contributed by atoms with van der Waals surface area (Å²) < 4.78 is 0. The van der Waals surface area contributed by atoms with Gasteiger partial charge in [-0.1, -0.05) is 43.4 Å². The van der Waals surface area contributed by atoms with E-state index in [1.807, 2.05) is 0 Å². The highest BCUT2D eigenvalue weighted by Crippen LogP contribution is 2.39. The standard InChI is InChI=1S/C16H20/c1-12-6-7-13-8-9-15(2,3)11-16(4,5)14(13)10-12/h6-7,10H,11H2,1-5H3. The third-order valence-electron chi connectivity index (χ3n) is 3.32. The fraction of sp³-hybridized carbons (Fsp3) is 0.500. The maximum atomic E-state index is 3.40. The van der Waals surface area contributed by atoms with Crippen molar-refractivity contribution in [3.05, 3.63) is 34.9 Å². The molecule has 0 heterocycles. The van der Waals surface area contributed by atoms with Gasteiger partial charge in [0, 0.05) is 11.0 Å². The maximum Gasteiger partial charge on any atom is 0.0283 e. The van der Waals surface area contributed by atoms with Crippen LogP contribution in [0.15, 0.2) is 18.2 Å². The molecule has 16 heavy (non-hydrogen) atoms. The van der Waals surface area contributed by atoms with E-state index in [0.29, 0.717) is 0 Å². The molecular weight excluding hydrogens is 192 g/mol. The highest BCUT2D eigenvalue weighted by atomic mass is 14.3. The molecule has 1 aliphatic carbocycles. The van der Waals surface area contributed by atoms with Crippen molar-refractivity contribution in [1.29, 1.82) is 0 Å². The molecule has 0 N–H and O–H groups in total. The third kappa shape index (κ3) is 2.00. The summed E-state index contributed by atoms with van der Waals surface area (Å²) in [7, 11) is 0. The number of hydrogen-bond acceptors (Lipinski definition) is 0. The van der Waals surface area contributed by atoms with Crippen LogP contribution >= 0.6 is 0 Å². The van der Waals surface area contributed by atoms with E-state index in [2.05, 4.69) is 64.7 Å². The lowest BCUT2D eigenvalue weighted by Crippen LogP contribution is -2.25. The van der Waals surface area contributed by atoms with E-state index >= 15 is 0 Å². The monoisotopic (exact) mass is 212 g/mol. The third-order valence-corrected chi connectivity index (χ3v) is 3.32. The second-order valence-electron chi connectivity index (χ2n) is 6.24. The molecule has 0 radical (unpaired) electrons. The first kappa shape index (κ1) is 11.3. The summed E-state index contributed by atoms with van der Waals surface area (Å²) in [5, 5.41) is 0. The van der Waals surface area contributed by atoms with Crippen LogP contribution < -0.4 is 0 Å². The van der Waals surface area contributed by atoms with Crippen LogP contribution in [0.3, 0.4) is 0 Å². The lowest BCUT2D eigenvalue weighted by Gasteiger charge is -2.31. The highest BCUT2D eigenvalue weighted by Gasteiger charge is 2.32. The summed E-state index contributed by atoms with van der Waals surface area (Å²) in [6.07, 6.45) is 1.11. The first-order chi connectivity index (χ1) is 7.30. The molecule has 0 saturated carbocycles. The minimum atomic E-state index is 0.108. The van der Waals surface area contributed by atoms with Crippen LogP contribution in [0, 0.1) is 24.2 Å². The van der Waals surface area contributed by atoms with Crippen molar-refractivity contribution in [2.75, 3.05) is 0 Å². The van der Waals surface area contributed by atoms with Gasteiger partial charge in [0.15, 0.2) is 0 Å². The van der Waals surface area contributed by atoms with Crippen molar-refractivity contribution in [3.8, 4) is 11.8 Å². The molecule has 0 bridgehead atoms. The lowest BCUT2D eigenvalue weighted by molar-refractivity contribution is 0.335. The highest BCUT2D eigenvalue weighted by molar-refractivity contribution is 5.49. The van der Waals surface area contributed by atoms with Gasteiger partial charge in [0.05, 0.1) is 0 Å². The Bertz CT molecular complexity index is 478. The number of rotatable bonds is 0. The van der Waals surface area contributed by atoms with Crippen molar-refractivity contribution in [1.82, 2.24) is 0 Å². The SMILES string of the molecule is Cc1ccc2c(c1)C(C)(C)CC(C)(C)C#C2. The Labute approximate surface area is 99.1 Å². The molecule has 1 aromatic carbocycles. The van der Waals surface area contributed by atoms with Crippen molar-refractivity contribution in [2.45, 2.75) is 46.5 Å². The summed E-state index contributed by atoms with van der Waals surface area (Å²) in [6.45, 7) is 11.3. The van der Waals surface area contributed by atoms with Crippen molar-refractivity contribution < 1.29 is 0 Å². The van der Waals surface area contributed by atoms with Gasteiger partial charge in [-0.05, 0) is 44.2 Å². The molecule has 0 fully saturated rings. The van der Waals surface area contributed by atoms with Crippen LogP contribution in [-0.2, 0) is 5.41 Å². The number of fused-ring (bicyclic) bond motifs is 1. The fourth-order valence-corrected chi connectivity index (χ4v) is 2.81. The quantitative estimate of drug-likeness (QED) is 0.569. The van der Waals surface area contributed by atoms with Gasteiger partial charge in [-0.15, -0.1) is 0 Å². The van der Waals surface area contributed by atoms with E-state index in [-0.39, 0.29) is 10.8 Å². The lowest BCUT2D eigenvalue weighted by atomic mass is 9.72. The minimum absolute atomic E-state index is 0.108. The topological polar surface area (TPSA) is 0 Å². The van der Waals surface area contributed by atoms with Gasteiger partial charge in [0.1, 0.15) is 0 Å². The van der Waals surface area contributed by atoms with Gasteiger partial charge in [-0.2, -0.15) is 0 Å². The maximum absolute atomic E-state index is 3.40. The Kier molecular flexibility index (Phi) is 2.39. The molecule has 0 atom stereocenters. The minimum Gasteiger partial charge on any atom is -0.0916 e. The molecule has 0 amide bonds. The van der Waals surface area contributed by atoms with Gasteiger partial charge >= 0.3 is 0 Å². The molecule has 0 heteroatoms. The first-order valence-electron chi connectivity index (χ1n) is 5.95. The Balaban J connectivity index is 2.63. The van der Waals surface area contributed by atoms with Crippen LogP contribution in [0.5, 0.6) is 0 Å². The van der Waals surface area contributed by atoms with Gasteiger partial charge in [-0.25, -0.2) is 0 Å². The zero-order valence-electron chi connectivity index (χ0n) is 10.9. The molecule has 0 spiro atoms. The summed E-state index contributed by atoms with van der Waals surface area (Å²) >= 11 is 0. The van der Waals surface area contributed by atoms with E-state index in [4.69, 9.17) is 0 Å². The van der Waals surface area contributed by atoms with Crippen LogP contribution in [0.25, 0.3) is 0 Å². The largest absolute Gasteiger partial charge is 0.0916 e. The van der Waals surface area contributed by atoms with Crippen LogP contribution in [-0.4, -0.2) is 0 Å². The average Bonchev–Trinajstić information content (AvgIpc) is 2.21. The van der Waals surface area contributed by atoms with E-state index in [0.717, 1.165) is 6.42 Å². The van der Waals surface area contributed by atoms with Crippen molar-refractivity contribution in [3.63, 3.8) is 0 Å². The molecule has 84 valence electrons. The van der Waals surface area contributed by atoms with Crippen LogP contribution in [0.2, 0.25) is 0 Å². The van der Waals surface area contributed by atoms with E-state index in [9.17, 15) is 0 Å². The molecule has 0 aliphatic heterocycles. The van der Waals surface area contributed by atoms with Gasteiger partial charge < -0.3 is 0 Å². The normalized spacial score (nSPS) is 20.3. The van der Waals surface area contributed by atoms with E-state index in [1.54, 1.807) is 0 Å². The second kappa shape index (κ2) is 3.39. The molecule has 1 aliphatic rings. The van der Waals surface area contributed by atoms with E-state index < -0.39 is 0 Å². The summed E-state index contributed by atoms with van der Waals surface area (Å²) in [6, 6.07) is 6.62. The molecule has 0 saturated heterocycles. The number of benzene rings is 1. The zero-order valence-corrected chi connectivity index (χ0v) is 10.9. The molecule has 2 rings (SSSR count). The Morgan fingerprint density at radius 3 is 2.50 bits per heavy atom. The van der Waals surface area contributed by atoms with Crippen LogP contribution in [0.1, 0.15) is 50.8 Å². The predicted molar refractivity (Wildman–Crippen MR) is 69.5 cm³/mol. The molecule has 0 nitrogen and oxygen atoms in total. The smallest absolute Gasteiger partial charge is 0.0283 e. The van der Waals surface area contributed by atoms with Gasteiger partial charge in [0.25, 0.3) is 0 Å². The average molecular weight is 212 g/mol. The van der Waals surface area contributed by atoms with Gasteiger partial charge in [0.2, 0.25) is 0 Å². The number of hydrogen-bond donors (Lipinski definition) is 0. The molecule has 1 aromatic rings. The van der Waals surface area contributed by atoms with Crippen molar-refractivity contribution >= 4 is 0 Å². The fourth-order valence-electron chi connectivity index (χ4n) is 2.81. The van der Waals surface area contributed by atoms with E-state index in [1.165, 1.54) is 16.7 Å². The first-order valence-corrected chi connectivity index (χ1v) is 5.95.